The second-order valence-corrected chi connectivity index (χ2v) is 6.54. The summed E-state index contributed by atoms with van der Waals surface area (Å²) in [6.45, 7) is 1.87. The van der Waals surface area contributed by atoms with Crippen molar-refractivity contribution in [1.82, 2.24) is 19.9 Å². The molecule has 0 saturated carbocycles. The van der Waals surface area contributed by atoms with E-state index in [1.165, 1.54) is 11.3 Å². The molecule has 1 aromatic carbocycles. The number of nitrogens with one attached hydrogen (secondary N) is 1. The van der Waals surface area contributed by atoms with Gasteiger partial charge in [0.25, 0.3) is 5.91 Å². The summed E-state index contributed by atoms with van der Waals surface area (Å²) >= 11 is 1.41. The molecule has 7 heteroatoms. The molecule has 122 valence electrons. The van der Waals surface area contributed by atoms with Gasteiger partial charge in [-0.05, 0) is 35.6 Å². The highest BCUT2D eigenvalue weighted by Crippen LogP contribution is 2.31. The van der Waals surface area contributed by atoms with Crippen molar-refractivity contribution in [1.29, 1.82) is 0 Å². The minimum absolute atomic E-state index is 0.126. The molecule has 0 radical (unpaired) electrons. The number of nitrogens with zero attached hydrogens (tertiary/aromatic N) is 4. The summed E-state index contributed by atoms with van der Waals surface area (Å²) in [6, 6.07) is 8.10. The lowest BCUT2D eigenvalue weighted by Crippen LogP contribution is -2.15. The number of carbonyl (C=O) groups excluding carboxylic acids is 1. The molecule has 0 spiro atoms. The molecule has 6 nitrogen and oxygen atoms in total. The Balaban J connectivity index is 1.56. The third-order valence-corrected chi connectivity index (χ3v) is 4.60. The third-order valence-electron chi connectivity index (χ3n) is 3.64. The average molecular weight is 347 g/mol. The molecule has 0 aliphatic rings. The van der Waals surface area contributed by atoms with Gasteiger partial charge in [0.15, 0.2) is 5.13 Å². The number of aryl methyl sites for hydroxylation is 1. The number of benzene rings is 1. The predicted molar refractivity (Wildman–Crippen MR) is 97.6 cm³/mol. The number of anilines is 1. The SMILES string of the molecule is Cc1cnc(C(=O)Nc2ncc(-c3ccc4cnccc4c3)s2)nc1. The van der Waals surface area contributed by atoms with Gasteiger partial charge in [0, 0.05) is 36.4 Å². The molecule has 0 aliphatic heterocycles. The molecule has 0 saturated heterocycles. The van der Waals surface area contributed by atoms with Crippen LogP contribution in [0.4, 0.5) is 5.13 Å². The van der Waals surface area contributed by atoms with Gasteiger partial charge in [-0.1, -0.05) is 23.5 Å². The highest BCUT2D eigenvalue weighted by atomic mass is 32.1. The topological polar surface area (TPSA) is 80.7 Å². The van der Waals surface area contributed by atoms with Crippen LogP contribution in [-0.2, 0) is 0 Å². The number of hydrogen-bond donors (Lipinski definition) is 1. The molecule has 0 bridgehead atoms. The van der Waals surface area contributed by atoms with Gasteiger partial charge in [0.1, 0.15) is 0 Å². The molecule has 1 amide bonds. The fraction of sp³-hybridized carbons (Fsp3) is 0.0556. The van der Waals surface area contributed by atoms with Crippen LogP contribution in [-0.4, -0.2) is 25.8 Å². The Morgan fingerprint density at radius 3 is 2.68 bits per heavy atom. The first-order valence-electron chi connectivity index (χ1n) is 7.59. The largest absolute Gasteiger partial charge is 0.295 e. The Labute approximate surface area is 147 Å². The van der Waals surface area contributed by atoms with Crippen molar-refractivity contribution in [3.63, 3.8) is 0 Å². The zero-order chi connectivity index (χ0) is 17.2. The molecule has 25 heavy (non-hydrogen) atoms. The first-order chi connectivity index (χ1) is 12.2. The summed E-state index contributed by atoms with van der Waals surface area (Å²) in [5.74, 6) is -0.244. The van der Waals surface area contributed by atoms with Crippen LogP contribution < -0.4 is 5.32 Å². The summed E-state index contributed by atoms with van der Waals surface area (Å²) in [5.41, 5.74) is 1.95. The molecule has 0 atom stereocenters. The molecule has 0 unspecified atom stereocenters. The molecular formula is C18H13N5OS. The van der Waals surface area contributed by atoms with Crippen LogP contribution in [0.5, 0.6) is 0 Å². The van der Waals surface area contributed by atoms with E-state index in [1.807, 2.05) is 31.3 Å². The quantitative estimate of drug-likeness (QED) is 0.611. The molecule has 0 fully saturated rings. The first kappa shape index (κ1) is 15.3. The number of hydrogen-bond acceptors (Lipinski definition) is 6. The fourth-order valence-electron chi connectivity index (χ4n) is 2.36. The van der Waals surface area contributed by atoms with Crippen LogP contribution in [0.15, 0.2) is 55.2 Å². The zero-order valence-corrected chi connectivity index (χ0v) is 14.1. The van der Waals surface area contributed by atoms with Crippen molar-refractivity contribution < 1.29 is 4.79 Å². The smallest absolute Gasteiger partial charge is 0.295 e. The maximum absolute atomic E-state index is 12.2. The van der Waals surface area contributed by atoms with Gasteiger partial charge in [0.05, 0.1) is 4.88 Å². The maximum Gasteiger partial charge on any atom is 0.295 e. The van der Waals surface area contributed by atoms with E-state index in [4.69, 9.17) is 0 Å². The Morgan fingerprint density at radius 1 is 1.00 bits per heavy atom. The van der Waals surface area contributed by atoms with E-state index in [9.17, 15) is 4.79 Å². The molecule has 1 N–H and O–H groups in total. The predicted octanol–water partition coefficient (Wildman–Crippen LogP) is 3.71. The third kappa shape index (κ3) is 3.22. The van der Waals surface area contributed by atoms with Crippen molar-refractivity contribution in [2.45, 2.75) is 6.92 Å². The van der Waals surface area contributed by atoms with E-state index >= 15 is 0 Å². The summed E-state index contributed by atoms with van der Waals surface area (Å²) in [7, 11) is 0. The van der Waals surface area contributed by atoms with Crippen LogP contribution in [0.25, 0.3) is 21.2 Å². The van der Waals surface area contributed by atoms with Crippen LogP contribution >= 0.6 is 11.3 Å². The molecule has 4 aromatic rings. The second-order valence-electron chi connectivity index (χ2n) is 5.51. The van der Waals surface area contributed by atoms with E-state index < -0.39 is 0 Å². The maximum atomic E-state index is 12.2. The van der Waals surface area contributed by atoms with Crippen LogP contribution in [0.3, 0.4) is 0 Å². The Bertz CT molecular complexity index is 1060. The van der Waals surface area contributed by atoms with Crippen molar-refractivity contribution in [2.75, 3.05) is 5.32 Å². The Hall–Kier alpha value is -3.19. The Kier molecular flexibility index (Phi) is 3.91. The zero-order valence-electron chi connectivity index (χ0n) is 13.3. The number of carbonyl (C=O) groups is 1. The number of aromatic nitrogens is 4. The monoisotopic (exact) mass is 347 g/mol. The van der Waals surface area contributed by atoms with Gasteiger partial charge < -0.3 is 0 Å². The summed E-state index contributed by atoms with van der Waals surface area (Å²) < 4.78 is 0. The van der Waals surface area contributed by atoms with Gasteiger partial charge in [-0.2, -0.15) is 0 Å². The minimum Gasteiger partial charge on any atom is -0.295 e. The first-order valence-corrected chi connectivity index (χ1v) is 8.41. The van der Waals surface area contributed by atoms with Crippen molar-refractivity contribution in [2.24, 2.45) is 0 Å². The molecule has 4 rings (SSSR count). The van der Waals surface area contributed by atoms with Gasteiger partial charge in [-0.3, -0.25) is 15.1 Å². The van der Waals surface area contributed by atoms with Crippen LogP contribution in [0, 0.1) is 6.92 Å². The van der Waals surface area contributed by atoms with E-state index in [-0.39, 0.29) is 11.7 Å². The van der Waals surface area contributed by atoms with Gasteiger partial charge in [-0.15, -0.1) is 0 Å². The van der Waals surface area contributed by atoms with Gasteiger partial charge >= 0.3 is 0 Å². The van der Waals surface area contributed by atoms with Gasteiger partial charge in [-0.25, -0.2) is 15.0 Å². The summed E-state index contributed by atoms with van der Waals surface area (Å²) in [5, 5.41) is 5.45. The number of amides is 1. The normalized spacial score (nSPS) is 10.8. The molecule has 3 aromatic heterocycles. The van der Waals surface area contributed by atoms with E-state index in [0.717, 1.165) is 26.8 Å². The number of pyridine rings is 1. The highest BCUT2D eigenvalue weighted by molar-refractivity contribution is 7.19. The second kappa shape index (κ2) is 6.37. The molecule has 3 heterocycles. The van der Waals surface area contributed by atoms with Crippen molar-refractivity contribution in [3.05, 3.63) is 66.6 Å². The number of rotatable bonds is 3. The average Bonchev–Trinajstić information content (AvgIpc) is 3.10. The highest BCUT2D eigenvalue weighted by Gasteiger charge is 2.12. The van der Waals surface area contributed by atoms with E-state index in [0.29, 0.717) is 5.13 Å². The molecular weight excluding hydrogens is 334 g/mol. The lowest BCUT2D eigenvalue weighted by molar-refractivity contribution is 0.101. The lowest BCUT2D eigenvalue weighted by atomic mass is 10.1. The van der Waals surface area contributed by atoms with E-state index in [2.05, 4.69) is 31.3 Å². The Morgan fingerprint density at radius 2 is 1.84 bits per heavy atom. The number of thiazole rings is 1. The lowest BCUT2D eigenvalue weighted by Gasteiger charge is -2.01. The van der Waals surface area contributed by atoms with Crippen LogP contribution in [0.1, 0.15) is 16.2 Å². The fourth-order valence-corrected chi connectivity index (χ4v) is 3.17. The summed E-state index contributed by atoms with van der Waals surface area (Å²) in [6.07, 6.45) is 8.57. The number of fused-ring (bicyclic) bond motifs is 1. The standard InChI is InChI=1S/C18H13N5OS/c1-11-7-20-16(21-8-11)17(24)23-18-22-10-15(25-18)13-2-3-14-9-19-5-4-12(14)6-13/h2-10H,1H3,(H,22,23,24). The minimum atomic E-state index is -0.370. The molecule has 0 aliphatic carbocycles. The van der Waals surface area contributed by atoms with Crippen molar-refractivity contribution >= 4 is 33.1 Å². The van der Waals surface area contributed by atoms with Gasteiger partial charge in [0.2, 0.25) is 5.82 Å². The van der Waals surface area contributed by atoms with E-state index in [1.54, 1.807) is 24.8 Å². The summed E-state index contributed by atoms with van der Waals surface area (Å²) in [4.78, 5) is 29.6. The van der Waals surface area contributed by atoms with Crippen molar-refractivity contribution in [3.8, 4) is 10.4 Å². The van der Waals surface area contributed by atoms with Crippen LogP contribution in [0.2, 0.25) is 0 Å².